The molecule has 0 unspecified atom stereocenters. The molecule has 0 aliphatic rings. The first kappa shape index (κ1) is 21.5. The van der Waals surface area contributed by atoms with Crippen molar-refractivity contribution in [3.8, 4) is 5.75 Å². The first-order chi connectivity index (χ1) is 13.2. The number of rotatable bonds is 9. The van der Waals surface area contributed by atoms with Crippen molar-refractivity contribution >= 4 is 21.6 Å². The van der Waals surface area contributed by atoms with Crippen LogP contribution in [0.2, 0.25) is 0 Å². The molecule has 2 aromatic rings. The summed E-state index contributed by atoms with van der Waals surface area (Å²) in [5, 5.41) is 0. The molecule has 0 saturated heterocycles. The molecule has 0 radical (unpaired) electrons. The average Bonchev–Trinajstić information content (AvgIpc) is 2.66. The van der Waals surface area contributed by atoms with E-state index >= 15 is 0 Å². The first-order valence-corrected chi connectivity index (χ1v) is 9.63. The largest absolute Gasteiger partial charge is 0.494 e. The van der Waals surface area contributed by atoms with Gasteiger partial charge < -0.3 is 4.74 Å². The molecule has 0 atom stereocenters. The van der Waals surface area contributed by atoms with E-state index in [1.807, 2.05) is 0 Å². The molecule has 0 spiro atoms. The molecule has 0 aromatic heterocycles. The van der Waals surface area contributed by atoms with Gasteiger partial charge in [0.1, 0.15) is 5.75 Å². The molecule has 0 fully saturated rings. The summed E-state index contributed by atoms with van der Waals surface area (Å²) in [5.41, 5.74) is 3.70. The molecule has 3 N–H and O–H groups in total. The van der Waals surface area contributed by atoms with Crippen molar-refractivity contribution in [1.29, 1.82) is 0 Å². The number of hydrogen-bond acceptors (Lipinski definition) is 5. The van der Waals surface area contributed by atoms with Crippen molar-refractivity contribution < 1.29 is 31.1 Å². The molecule has 0 bridgehead atoms. The molecule has 0 aliphatic heterocycles. The van der Waals surface area contributed by atoms with Crippen LogP contribution < -0.4 is 20.3 Å². The third kappa shape index (κ3) is 5.60. The highest BCUT2D eigenvalue weighted by atomic mass is 32.2. The van der Waals surface area contributed by atoms with Gasteiger partial charge in [0.25, 0.3) is 0 Å². The van der Waals surface area contributed by atoms with Crippen LogP contribution in [-0.2, 0) is 14.8 Å². The van der Waals surface area contributed by atoms with Gasteiger partial charge in [0.2, 0.25) is 15.9 Å². The van der Waals surface area contributed by atoms with E-state index in [4.69, 9.17) is 4.74 Å². The van der Waals surface area contributed by atoms with Gasteiger partial charge in [-0.15, -0.1) is 0 Å². The summed E-state index contributed by atoms with van der Waals surface area (Å²) in [7, 11) is -3.83. The fourth-order valence-electron chi connectivity index (χ4n) is 2.09. The number of ether oxygens (including phenoxy) is 1. The maximum Gasteiger partial charge on any atom is 0.240 e. The van der Waals surface area contributed by atoms with Crippen LogP contribution in [0.1, 0.15) is 13.3 Å². The van der Waals surface area contributed by atoms with Crippen LogP contribution in [0.15, 0.2) is 41.3 Å². The Morgan fingerprint density at radius 1 is 1.04 bits per heavy atom. The highest BCUT2D eigenvalue weighted by molar-refractivity contribution is 7.89. The van der Waals surface area contributed by atoms with Crippen LogP contribution in [0, 0.1) is 17.5 Å². The van der Waals surface area contributed by atoms with E-state index in [1.54, 1.807) is 6.92 Å². The molecule has 28 heavy (non-hydrogen) atoms. The highest BCUT2D eigenvalue weighted by Gasteiger charge is 2.16. The van der Waals surface area contributed by atoms with Gasteiger partial charge >= 0.3 is 0 Å². The first-order valence-electron chi connectivity index (χ1n) is 8.15. The van der Waals surface area contributed by atoms with E-state index in [9.17, 15) is 26.4 Å². The van der Waals surface area contributed by atoms with Gasteiger partial charge in [-0.3, -0.25) is 15.6 Å². The summed E-state index contributed by atoms with van der Waals surface area (Å²) in [6.07, 6.45) is -0.283. The Morgan fingerprint density at radius 2 is 1.71 bits per heavy atom. The van der Waals surface area contributed by atoms with Crippen LogP contribution in [0.3, 0.4) is 0 Å². The topological polar surface area (TPSA) is 96.5 Å². The minimum atomic E-state index is -3.83. The molecule has 0 heterocycles. The van der Waals surface area contributed by atoms with Crippen molar-refractivity contribution in [3.05, 3.63) is 53.8 Å². The molecular formula is C17H18F3N3O4S. The summed E-state index contributed by atoms with van der Waals surface area (Å²) in [6.45, 7) is 2.01. The van der Waals surface area contributed by atoms with Crippen LogP contribution >= 0.6 is 0 Å². The average molecular weight is 417 g/mol. The smallest absolute Gasteiger partial charge is 0.240 e. The summed E-state index contributed by atoms with van der Waals surface area (Å²) >= 11 is 0. The van der Waals surface area contributed by atoms with Crippen molar-refractivity contribution in [2.75, 3.05) is 18.6 Å². The van der Waals surface area contributed by atoms with Gasteiger partial charge in [-0.25, -0.2) is 26.3 Å². The van der Waals surface area contributed by atoms with Crippen LogP contribution in [0.25, 0.3) is 0 Å². The Labute approximate surface area is 159 Å². The zero-order valence-corrected chi connectivity index (χ0v) is 15.6. The third-order valence-corrected chi connectivity index (χ3v) is 4.94. The lowest BCUT2D eigenvalue weighted by Gasteiger charge is -2.11. The highest BCUT2D eigenvalue weighted by Crippen LogP contribution is 2.19. The van der Waals surface area contributed by atoms with E-state index < -0.39 is 39.1 Å². The summed E-state index contributed by atoms with van der Waals surface area (Å²) in [5.74, 6) is -4.70. The third-order valence-electron chi connectivity index (χ3n) is 3.46. The Kier molecular flexibility index (Phi) is 7.24. The maximum absolute atomic E-state index is 13.5. The van der Waals surface area contributed by atoms with Gasteiger partial charge in [0, 0.05) is 13.0 Å². The maximum atomic E-state index is 13.5. The fourth-order valence-corrected chi connectivity index (χ4v) is 3.12. The van der Waals surface area contributed by atoms with Gasteiger partial charge in [0.15, 0.2) is 17.5 Å². The number of halogens is 3. The molecule has 0 aliphatic carbocycles. The quantitative estimate of drug-likeness (QED) is 0.430. The monoisotopic (exact) mass is 417 g/mol. The van der Waals surface area contributed by atoms with E-state index in [1.165, 1.54) is 24.3 Å². The van der Waals surface area contributed by atoms with Crippen molar-refractivity contribution in [2.24, 2.45) is 0 Å². The number of anilines is 1. The Balaban J connectivity index is 1.83. The van der Waals surface area contributed by atoms with Crippen LogP contribution in [-0.4, -0.2) is 27.5 Å². The van der Waals surface area contributed by atoms with Gasteiger partial charge in [-0.1, -0.05) is 0 Å². The zero-order chi connectivity index (χ0) is 20.7. The second kappa shape index (κ2) is 9.42. The van der Waals surface area contributed by atoms with Crippen molar-refractivity contribution in [2.45, 2.75) is 18.2 Å². The minimum Gasteiger partial charge on any atom is -0.494 e. The van der Waals surface area contributed by atoms with Crippen molar-refractivity contribution in [3.63, 3.8) is 0 Å². The summed E-state index contributed by atoms with van der Waals surface area (Å²) in [6, 6.07) is 7.33. The SMILES string of the molecule is CCOc1ccc(S(=O)(=O)NCCC(=O)NNc2ccc(F)c(F)c2F)cc1. The molecule has 11 heteroatoms. The van der Waals surface area contributed by atoms with Gasteiger partial charge in [-0.2, -0.15) is 0 Å². The fraction of sp³-hybridized carbons (Fsp3) is 0.235. The normalized spacial score (nSPS) is 11.1. The number of hydrazine groups is 1. The number of amides is 1. The predicted molar refractivity (Wildman–Crippen MR) is 95.5 cm³/mol. The molecule has 0 saturated carbocycles. The van der Waals surface area contributed by atoms with Gasteiger partial charge in [-0.05, 0) is 43.3 Å². The number of benzene rings is 2. The van der Waals surface area contributed by atoms with Crippen LogP contribution in [0.4, 0.5) is 18.9 Å². The van der Waals surface area contributed by atoms with Crippen molar-refractivity contribution in [1.82, 2.24) is 10.1 Å². The minimum absolute atomic E-state index is 0.00153. The molecule has 2 rings (SSSR count). The van der Waals surface area contributed by atoms with E-state index in [2.05, 4.69) is 15.6 Å². The van der Waals surface area contributed by atoms with Crippen LogP contribution in [0.5, 0.6) is 5.75 Å². The lowest BCUT2D eigenvalue weighted by molar-refractivity contribution is -0.120. The molecule has 7 nitrogen and oxygen atoms in total. The molecule has 1 amide bonds. The Hall–Kier alpha value is -2.79. The number of carbonyl (C=O) groups is 1. The zero-order valence-electron chi connectivity index (χ0n) is 14.8. The Bertz CT molecular complexity index is 937. The van der Waals surface area contributed by atoms with Gasteiger partial charge in [0.05, 0.1) is 17.2 Å². The lowest BCUT2D eigenvalue weighted by Crippen LogP contribution is -2.34. The van der Waals surface area contributed by atoms with E-state index in [0.717, 1.165) is 6.07 Å². The number of hydrogen-bond donors (Lipinski definition) is 3. The second-order valence-corrected chi connectivity index (χ2v) is 7.22. The predicted octanol–water partition coefficient (Wildman–Crippen LogP) is 2.31. The standard InChI is InChI=1S/C17H18F3N3O4S/c1-2-27-11-3-5-12(6-4-11)28(25,26)21-10-9-15(24)23-22-14-8-7-13(18)16(19)17(14)20/h3-8,21-22H,2,9-10H2,1H3,(H,23,24). The summed E-state index contributed by atoms with van der Waals surface area (Å²) < 4.78 is 71.2. The lowest BCUT2D eigenvalue weighted by atomic mass is 10.3. The van der Waals surface area contributed by atoms with E-state index in [-0.39, 0.29) is 17.9 Å². The second-order valence-electron chi connectivity index (χ2n) is 5.45. The Morgan fingerprint density at radius 3 is 2.36 bits per heavy atom. The summed E-state index contributed by atoms with van der Waals surface area (Å²) in [4.78, 5) is 11.7. The molecular weight excluding hydrogens is 399 g/mol. The van der Waals surface area contributed by atoms with E-state index in [0.29, 0.717) is 18.4 Å². The number of sulfonamides is 1. The molecule has 152 valence electrons. The number of carbonyl (C=O) groups excluding carboxylic acids is 1. The molecule has 2 aromatic carbocycles. The number of nitrogens with one attached hydrogen (secondary N) is 3.